The number of hydrazine groups is 1. The summed E-state index contributed by atoms with van der Waals surface area (Å²) in [6, 6.07) is 15.2. The summed E-state index contributed by atoms with van der Waals surface area (Å²) < 4.78 is 22.4. The number of rotatable bonds is 5. The number of anilines is 1. The van der Waals surface area contributed by atoms with Gasteiger partial charge in [-0.1, -0.05) is 37.3 Å². The monoisotopic (exact) mass is 392 g/mol. The highest BCUT2D eigenvalue weighted by molar-refractivity contribution is 7.89. The van der Waals surface area contributed by atoms with Crippen LogP contribution in [-0.2, 0) is 14.8 Å². The minimum Gasteiger partial charge on any atom is -0.331 e. The zero-order valence-electron chi connectivity index (χ0n) is 14.1. The van der Waals surface area contributed by atoms with Crippen LogP contribution in [0.4, 0.5) is 5.69 Å². The number of sulfonamides is 1. The molecule has 0 unspecified atom stereocenters. The lowest BCUT2D eigenvalue weighted by molar-refractivity contribution is -0.123. The lowest BCUT2D eigenvalue weighted by atomic mass is 9.96. The number of hydrogen-bond donors (Lipinski definition) is 4. The Balaban J connectivity index is 1.91. The molecule has 2 aromatic rings. The molecule has 1 atom stereocenters. The number of amides is 1. The molecule has 0 fully saturated rings. The second kappa shape index (κ2) is 8.75. The molecule has 138 valence electrons. The van der Waals surface area contributed by atoms with E-state index in [0.29, 0.717) is 12.1 Å². The zero-order chi connectivity index (χ0) is 19.2. The summed E-state index contributed by atoms with van der Waals surface area (Å²) in [7, 11) is -3.74. The van der Waals surface area contributed by atoms with E-state index in [9.17, 15) is 13.2 Å². The molecule has 0 aliphatic carbocycles. The van der Waals surface area contributed by atoms with Gasteiger partial charge < -0.3 is 5.32 Å². The van der Waals surface area contributed by atoms with Crippen molar-refractivity contribution in [1.29, 1.82) is 0 Å². The number of hydrogen-bond acceptors (Lipinski definition) is 4. The third-order valence-electron chi connectivity index (χ3n) is 3.67. The Morgan fingerprint density at radius 3 is 2.23 bits per heavy atom. The van der Waals surface area contributed by atoms with Gasteiger partial charge >= 0.3 is 0 Å². The van der Waals surface area contributed by atoms with E-state index in [4.69, 9.17) is 17.4 Å². The topological polar surface area (TPSA) is 113 Å². The van der Waals surface area contributed by atoms with Crippen LogP contribution in [0.25, 0.3) is 0 Å². The van der Waals surface area contributed by atoms with Crippen molar-refractivity contribution in [1.82, 2.24) is 10.9 Å². The fraction of sp³-hybridized carbons (Fsp3) is 0.176. The molecular weight excluding hydrogens is 372 g/mol. The summed E-state index contributed by atoms with van der Waals surface area (Å²) in [5, 5.41) is 8.06. The molecule has 0 bridgehead atoms. The van der Waals surface area contributed by atoms with Crippen molar-refractivity contribution in [2.75, 3.05) is 5.32 Å². The van der Waals surface area contributed by atoms with Gasteiger partial charge in [-0.2, -0.15) is 0 Å². The van der Waals surface area contributed by atoms with E-state index in [1.807, 2.05) is 37.3 Å². The molecule has 26 heavy (non-hydrogen) atoms. The first-order valence-corrected chi connectivity index (χ1v) is 9.81. The standard InChI is InChI=1S/C17H20N4O3S2/c1-2-15(12-6-4-3-5-7-12)16(22)20-21-17(25)19-13-8-10-14(11-9-13)26(18,23)24/h3-11,15H,2H2,1H3,(H,20,22)(H2,18,23,24)(H2,19,21,25)/t15-/m1/s1. The minimum atomic E-state index is -3.74. The SMILES string of the molecule is CC[C@@H](C(=O)NNC(=S)Nc1ccc(S(N)(=O)=O)cc1)c1ccccc1. The van der Waals surface area contributed by atoms with Crippen LogP contribution in [0.5, 0.6) is 0 Å². The van der Waals surface area contributed by atoms with Gasteiger partial charge in [-0.05, 0) is 48.5 Å². The Morgan fingerprint density at radius 1 is 1.08 bits per heavy atom. The Hall–Kier alpha value is -2.49. The summed E-state index contributed by atoms with van der Waals surface area (Å²) in [6.07, 6.45) is 0.646. The summed E-state index contributed by atoms with van der Waals surface area (Å²) in [5.41, 5.74) is 6.70. The number of carbonyl (C=O) groups is 1. The second-order valence-corrected chi connectivity index (χ2v) is 7.48. The average Bonchev–Trinajstić information content (AvgIpc) is 2.61. The number of nitrogens with two attached hydrogens (primary N) is 1. The third kappa shape index (κ3) is 5.51. The van der Waals surface area contributed by atoms with Gasteiger partial charge in [0.1, 0.15) is 0 Å². The summed E-state index contributed by atoms with van der Waals surface area (Å²) in [4.78, 5) is 12.3. The maximum absolute atomic E-state index is 12.3. The van der Waals surface area contributed by atoms with Gasteiger partial charge in [-0.15, -0.1) is 0 Å². The molecule has 9 heteroatoms. The van der Waals surface area contributed by atoms with E-state index >= 15 is 0 Å². The summed E-state index contributed by atoms with van der Waals surface area (Å²) >= 11 is 5.12. The predicted molar refractivity (Wildman–Crippen MR) is 105 cm³/mol. The van der Waals surface area contributed by atoms with Gasteiger partial charge in [0.05, 0.1) is 10.8 Å². The van der Waals surface area contributed by atoms with Gasteiger partial charge in [0.25, 0.3) is 0 Å². The molecule has 1 amide bonds. The largest absolute Gasteiger partial charge is 0.331 e. The smallest absolute Gasteiger partial charge is 0.245 e. The molecular formula is C17H20N4O3S2. The van der Waals surface area contributed by atoms with Crippen molar-refractivity contribution in [2.24, 2.45) is 5.14 Å². The van der Waals surface area contributed by atoms with Gasteiger partial charge in [0.15, 0.2) is 5.11 Å². The molecule has 0 radical (unpaired) electrons. The van der Waals surface area contributed by atoms with Crippen LogP contribution in [0.1, 0.15) is 24.8 Å². The molecule has 0 heterocycles. The quantitative estimate of drug-likeness (QED) is 0.456. The normalized spacial score (nSPS) is 12.1. The van der Waals surface area contributed by atoms with Gasteiger partial charge in [0, 0.05) is 5.69 Å². The van der Waals surface area contributed by atoms with E-state index in [1.54, 1.807) is 0 Å². The number of primary sulfonamides is 1. The summed E-state index contributed by atoms with van der Waals surface area (Å²) in [6.45, 7) is 1.93. The predicted octanol–water partition coefficient (Wildman–Crippen LogP) is 1.85. The van der Waals surface area contributed by atoms with Crippen molar-refractivity contribution < 1.29 is 13.2 Å². The molecule has 5 N–H and O–H groups in total. The molecule has 0 saturated carbocycles. The van der Waals surface area contributed by atoms with Crippen molar-refractivity contribution in [3.05, 3.63) is 60.2 Å². The Labute approximate surface area is 158 Å². The van der Waals surface area contributed by atoms with Crippen LogP contribution >= 0.6 is 12.2 Å². The first-order valence-electron chi connectivity index (χ1n) is 7.86. The van der Waals surface area contributed by atoms with Gasteiger partial charge in [0.2, 0.25) is 15.9 Å². The average molecular weight is 393 g/mol. The van der Waals surface area contributed by atoms with Crippen LogP contribution in [0, 0.1) is 0 Å². The van der Waals surface area contributed by atoms with Crippen LogP contribution in [0.3, 0.4) is 0 Å². The fourth-order valence-corrected chi connectivity index (χ4v) is 3.04. The van der Waals surface area contributed by atoms with Crippen molar-refractivity contribution in [3.8, 4) is 0 Å². The number of nitrogens with one attached hydrogen (secondary N) is 3. The Morgan fingerprint density at radius 2 is 1.69 bits per heavy atom. The molecule has 2 aromatic carbocycles. The third-order valence-corrected chi connectivity index (χ3v) is 4.80. The maximum atomic E-state index is 12.3. The highest BCUT2D eigenvalue weighted by Crippen LogP contribution is 2.18. The van der Waals surface area contributed by atoms with Crippen LogP contribution in [0.2, 0.25) is 0 Å². The first-order chi connectivity index (χ1) is 12.3. The molecule has 0 saturated heterocycles. The van der Waals surface area contributed by atoms with E-state index in [-0.39, 0.29) is 21.8 Å². The van der Waals surface area contributed by atoms with Gasteiger partial charge in [-0.25, -0.2) is 13.6 Å². The number of carbonyl (C=O) groups excluding carboxylic acids is 1. The lowest BCUT2D eigenvalue weighted by Gasteiger charge is -2.17. The molecule has 2 rings (SSSR count). The number of benzene rings is 2. The minimum absolute atomic E-state index is 0.00359. The second-order valence-electron chi connectivity index (χ2n) is 5.51. The summed E-state index contributed by atoms with van der Waals surface area (Å²) in [5.74, 6) is -0.493. The molecule has 7 nitrogen and oxygen atoms in total. The van der Waals surface area contributed by atoms with Crippen LogP contribution in [0.15, 0.2) is 59.5 Å². The Kier molecular flexibility index (Phi) is 6.67. The van der Waals surface area contributed by atoms with E-state index < -0.39 is 10.0 Å². The van der Waals surface area contributed by atoms with Crippen LogP contribution in [-0.4, -0.2) is 19.4 Å². The molecule has 0 aliphatic rings. The lowest BCUT2D eigenvalue weighted by Crippen LogP contribution is -2.45. The van der Waals surface area contributed by atoms with Gasteiger partial charge in [-0.3, -0.25) is 15.6 Å². The highest BCUT2D eigenvalue weighted by atomic mass is 32.2. The maximum Gasteiger partial charge on any atom is 0.245 e. The van der Waals surface area contributed by atoms with E-state index in [0.717, 1.165) is 5.56 Å². The fourth-order valence-electron chi connectivity index (χ4n) is 2.35. The van der Waals surface area contributed by atoms with Crippen LogP contribution < -0.4 is 21.3 Å². The molecule has 0 aliphatic heterocycles. The molecule has 0 aromatic heterocycles. The zero-order valence-corrected chi connectivity index (χ0v) is 15.7. The molecule has 0 spiro atoms. The van der Waals surface area contributed by atoms with E-state index in [1.165, 1.54) is 24.3 Å². The van der Waals surface area contributed by atoms with Crippen molar-refractivity contribution >= 4 is 38.9 Å². The van der Waals surface area contributed by atoms with Crippen molar-refractivity contribution in [3.63, 3.8) is 0 Å². The van der Waals surface area contributed by atoms with Crippen molar-refractivity contribution in [2.45, 2.75) is 24.2 Å². The number of thiocarbonyl (C=S) groups is 1. The first kappa shape index (κ1) is 19.8. The Bertz CT molecular complexity index is 869. The highest BCUT2D eigenvalue weighted by Gasteiger charge is 2.18. The van der Waals surface area contributed by atoms with E-state index in [2.05, 4.69) is 16.2 Å².